The van der Waals surface area contributed by atoms with E-state index >= 15 is 0 Å². The Bertz CT molecular complexity index is 623. The molecule has 0 saturated carbocycles. The number of amides is 1. The van der Waals surface area contributed by atoms with Crippen molar-refractivity contribution < 1.29 is 9.21 Å². The maximum Gasteiger partial charge on any atom is 0.289 e. The molecule has 0 unspecified atom stereocenters. The van der Waals surface area contributed by atoms with Gasteiger partial charge in [-0.1, -0.05) is 18.2 Å². The number of furan rings is 1. The summed E-state index contributed by atoms with van der Waals surface area (Å²) < 4.78 is 5.75. The van der Waals surface area contributed by atoms with Gasteiger partial charge in [-0.2, -0.15) is 0 Å². The largest absolute Gasteiger partial charge is 0.451 e. The molecule has 108 valence electrons. The molecule has 1 amide bonds. The van der Waals surface area contributed by atoms with Crippen LogP contribution >= 0.6 is 12.4 Å². The van der Waals surface area contributed by atoms with Gasteiger partial charge in [-0.3, -0.25) is 4.79 Å². The molecular weight excluding hydrogens is 276 g/mol. The van der Waals surface area contributed by atoms with Gasteiger partial charge in [0.15, 0.2) is 5.76 Å². The van der Waals surface area contributed by atoms with Gasteiger partial charge in [0.1, 0.15) is 5.58 Å². The molecule has 1 aromatic carbocycles. The highest BCUT2D eigenvalue weighted by Crippen LogP contribution is 2.24. The Kier molecular flexibility index (Phi) is 4.35. The molecule has 1 atom stereocenters. The van der Waals surface area contributed by atoms with Crippen molar-refractivity contribution in [1.82, 2.24) is 10.2 Å². The third-order valence-corrected chi connectivity index (χ3v) is 3.71. The quantitative estimate of drug-likeness (QED) is 0.879. The van der Waals surface area contributed by atoms with Gasteiger partial charge < -0.3 is 14.6 Å². The predicted octanol–water partition coefficient (Wildman–Crippen LogP) is 2.60. The molecule has 0 radical (unpaired) electrons. The van der Waals surface area contributed by atoms with Crippen LogP contribution in [-0.2, 0) is 0 Å². The van der Waals surface area contributed by atoms with E-state index in [0.717, 1.165) is 36.2 Å². The van der Waals surface area contributed by atoms with Crippen molar-refractivity contribution in [2.24, 2.45) is 0 Å². The summed E-state index contributed by atoms with van der Waals surface area (Å²) in [5.74, 6) is 0.433. The fourth-order valence-corrected chi connectivity index (χ4v) is 2.60. The monoisotopic (exact) mass is 294 g/mol. The summed E-state index contributed by atoms with van der Waals surface area (Å²) >= 11 is 0. The highest BCUT2D eigenvalue weighted by molar-refractivity contribution is 5.96. The molecule has 1 aliphatic rings. The highest BCUT2D eigenvalue weighted by atomic mass is 35.5. The fraction of sp³-hybridized carbons (Fsp3) is 0.400. The second-order valence-electron chi connectivity index (χ2n) is 5.16. The maximum absolute atomic E-state index is 12.5. The molecule has 4 nitrogen and oxygen atoms in total. The summed E-state index contributed by atoms with van der Waals surface area (Å²) in [6.07, 6.45) is 0. The summed E-state index contributed by atoms with van der Waals surface area (Å²) in [5, 5.41) is 4.27. The zero-order valence-corrected chi connectivity index (χ0v) is 12.5. The number of carbonyl (C=O) groups excluding carboxylic acids is 1. The number of hydrogen-bond donors (Lipinski definition) is 1. The van der Waals surface area contributed by atoms with Crippen molar-refractivity contribution in [3.05, 3.63) is 35.6 Å². The number of rotatable bonds is 1. The first kappa shape index (κ1) is 14.9. The second-order valence-corrected chi connectivity index (χ2v) is 5.16. The first-order chi connectivity index (χ1) is 9.16. The van der Waals surface area contributed by atoms with E-state index < -0.39 is 0 Å². The van der Waals surface area contributed by atoms with Gasteiger partial charge in [-0.15, -0.1) is 12.4 Å². The SMILES string of the molecule is Cc1cccc2cc(C(=O)N3CCNC[C@H]3C)oc12.Cl. The lowest BCUT2D eigenvalue weighted by molar-refractivity contribution is 0.0625. The highest BCUT2D eigenvalue weighted by Gasteiger charge is 2.26. The van der Waals surface area contributed by atoms with Crippen LogP contribution in [0.2, 0.25) is 0 Å². The molecule has 2 aromatic rings. The van der Waals surface area contributed by atoms with Crippen LogP contribution in [0.15, 0.2) is 28.7 Å². The summed E-state index contributed by atoms with van der Waals surface area (Å²) in [4.78, 5) is 14.4. The van der Waals surface area contributed by atoms with Crippen LogP contribution in [0.4, 0.5) is 0 Å². The number of carbonyl (C=O) groups is 1. The van der Waals surface area contributed by atoms with Gasteiger partial charge >= 0.3 is 0 Å². The molecule has 1 aliphatic heterocycles. The first-order valence-electron chi connectivity index (χ1n) is 6.67. The minimum absolute atomic E-state index is 0. The Morgan fingerprint density at radius 3 is 2.95 bits per heavy atom. The lowest BCUT2D eigenvalue weighted by Crippen LogP contribution is -2.52. The average Bonchev–Trinajstić information content (AvgIpc) is 2.84. The summed E-state index contributed by atoms with van der Waals surface area (Å²) in [6, 6.07) is 8.00. The van der Waals surface area contributed by atoms with E-state index in [-0.39, 0.29) is 24.4 Å². The minimum Gasteiger partial charge on any atom is -0.451 e. The Morgan fingerprint density at radius 2 is 2.25 bits per heavy atom. The molecule has 5 heteroatoms. The molecule has 1 N–H and O–H groups in total. The van der Waals surface area contributed by atoms with Crippen LogP contribution in [0.5, 0.6) is 0 Å². The fourth-order valence-electron chi connectivity index (χ4n) is 2.60. The third kappa shape index (κ3) is 2.53. The van der Waals surface area contributed by atoms with Crippen LogP contribution in [0.3, 0.4) is 0 Å². The molecule has 3 rings (SSSR count). The molecule has 0 bridgehead atoms. The van der Waals surface area contributed by atoms with Gasteiger partial charge in [0.2, 0.25) is 0 Å². The smallest absolute Gasteiger partial charge is 0.289 e. The lowest BCUT2D eigenvalue weighted by atomic mass is 10.1. The van der Waals surface area contributed by atoms with E-state index in [9.17, 15) is 4.79 Å². The molecule has 0 spiro atoms. The zero-order valence-electron chi connectivity index (χ0n) is 11.7. The summed E-state index contributed by atoms with van der Waals surface area (Å²) in [7, 11) is 0. The number of halogens is 1. The standard InChI is InChI=1S/C15H18N2O2.ClH/c1-10-4-3-5-12-8-13(19-14(10)12)15(18)17-7-6-16-9-11(17)2;/h3-5,8,11,16H,6-7,9H2,1-2H3;1H/t11-;/m1./s1. The number of nitrogens with one attached hydrogen (secondary N) is 1. The topological polar surface area (TPSA) is 45.5 Å². The molecule has 1 saturated heterocycles. The van der Waals surface area contributed by atoms with E-state index in [0.29, 0.717) is 5.76 Å². The number of fused-ring (bicyclic) bond motifs is 1. The van der Waals surface area contributed by atoms with E-state index in [2.05, 4.69) is 12.2 Å². The molecular formula is C15H19ClN2O2. The van der Waals surface area contributed by atoms with Crippen LogP contribution < -0.4 is 5.32 Å². The van der Waals surface area contributed by atoms with E-state index in [1.165, 1.54) is 0 Å². The van der Waals surface area contributed by atoms with E-state index in [1.54, 1.807) is 0 Å². The maximum atomic E-state index is 12.5. The number of aryl methyl sites for hydroxylation is 1. The van der Waals surface area contributed by atoms with Crippen molar-refractivity contribution in [3.8, 4) is 0 Å². The van der Waals surface area contributed by atoms with Crippen molar-refractivity contribution >= 4 is 29.3 Å². The van der Waals surface area contributed by atoms with Crippen LogP contribution in [0.25, 0.3) is 11.0 Å². The van der Waals surface area contributed by atoms with Gasteiger partial charge in [0, 0.05) is 31.1 Å². The number of hydrogen-bond acceptors (Lipinski definition) is 3. The van der Waals surface area contributed by atoms with Crippen LogP contribution in [-0.4, -0.2) is 36.5 Å². The van der Waals surface area contributed by atoms with Crippen molar-refractivity contribution in [2.45, 2.75) is 19.9 Å². The zero-order chi connectivity index (χ0) is 13.4. The van der Waals surface area contributed by atoms with Gasteiger partial charge in [0.05, 0.1) is 0 Å². The number of para-hydroxylation sites is 1. The van der Waals surface area contributed by atoms with Crippen molar-refractivity contribution in [1.29, 1.82) is 0 Å². The molecule has 2 heterocycles. The number of nitrogens with zero attached hydrogens (tertiary/aromatic N) is 1. The Morgan fingerprint density at radius 1 is 1.45 bits per heavy atom. The number of piperazine rings is 1. The van der Waals surface area contributed by atoms with Crippen LogP contribution in [0, 0.1) is 6.92 Å². The summed E-state index contributed by atoms with van der Waals surface area (Å²) in [5.41, 5.74) is 1.87. The lowest BCUT2D eigenvalue weighted by Gasteiger charge is -2.33. The normalized spacial score (nSPS) is 18.9. The van der Waals surface area contributed by atoms with Gasteiger partial charge in [-0.05, 0) is 25.5 Å². The van der Waals surface area contributed by atoms with Crippen LogP contribution in [0.1, 0.15) is 23.0 Å². The molecule has 0 aliphatic carbocycles. The Labute approximate surface area is 124 Å². The predicted molar refractivity (Wildman–Crippen MR) is 81.6 cm³/mol. The minimum atomic E-state index is -0.00963. The van der Waals surface area contributed by atoms with Crippen molar-refractivity contribution in [3.63, 3.8) is 0 Å². The Balaban J connectivity index is 0.00000147. The second kappa shape index (κ2) is 5.85. The van der Waals surface area contributed by atoms with Crippen molar-refractivity contribution in [2.75, 3.05) is 19.6 Å². The summed E-state index contributed by atoms with van der Waals surface area (Å²) in [6.45, 7) is 6.46. The van der Waals surface area contributed by atoms with E-state index in [4.69, 9.17) is 4.42 Å². The van der Waals surface area contributed by atoms with E-state index in [1.807, 2.05) is 36.1 Å². The van der Waals surface area contributed by atoms with Gasteiger partial charge in [-0.25, -0.2) is 0 Å². The average molecular weight is 295 g/mol. The molecule has 20 heavy (non-hydrogen) atoms. The Hall–Kier alpha value is -1.52. The molecule has 1 fully saturated rings. The number of benzene rings is 1. The molecule has 1 aromatic heterocycles. The first-order valence-corrected chi connectivity index (χ1v) is 6.67. The van der Waals surface area contributed by atoms with Gasteiger partial charge in [0.25, 0.3) is 5.91 Å². The third-order valence-electron chi connectivity index (χ3n) is 3.71.